The third-order valence-electron chi connectivity index (χ3n) is 5.53. The van der Waals surface area contributed by atoms with E-state index in [9.17, 15) is 18.5 Å². The summed E-state index contributed by atoms with van der Waals surface area (Å²) in [4.78, 5) is 13.5. The number of aromatic nitrogens is 3. The number of nitrogens with one attached hydrogen (secondary N) is 1. The minimum absolute atomic E-state index is 0.146. The molecule has 1 saturated carbocycles. The van der Waals surface area contributed by atoms with E-state index < -0.39 is 14.9 Å². The predicted molar refractivity (Wildman–Crippen MR) is 112 cm³/mol. The van der Waals surface area contributed by atoms with Gasteiger partial charge in [-0.2, -0.15) is 0 Å². The number of piperidine rings is 1. The molecule has 1 aromatic heterocycles. The molecular formula is C18H24N6O4S2. The van der Waals surface area contributed by atoms with Crippen LogP contribution in [0.25, 0.3) is 0 Å². The van der Waals surface area contributed by atoms with Crippen LogP contribution in [0.15, 0.2) is 33.1 Å². The van der Waals surface area contributed by atoms with Gasteiger partial charge in [-0.05, 0) is 62.5 Å². The van der Waals surface area contributed by atoms with E-state index in [1.165, 1.54) is 19.2 Å². The molecule has 2 fully saturated rings. The SMILES string of the molecule is CNS(=O)(=O)c1ccc(Sc2nnc(N3CCC(C)CC3)n2C2CC2)c([N+](=O)[O-])c1. The topological polar surface area (TPSA) is 123 Å². The monoisotopic (exact) mass is 452 g/mol. The van der Waals surface area contributed by atoms with Crippen LogP contribution in [0.3, 0.4) is 0 Å². The summed E-state index contributed by atoms with van der Waals surface area (Å²) in [6.45, 7) is 4.10. The zero-order valence-corrected chi connectivity index (χ0v) is 18.4. The van der Waals surface area contributed by atoms with Crippen LogP contribution in [0, 0.1) is 16.0 Å². The van der Waals surface area contributed by atoms with Gasteiger partial charge in [-0.15, -0.1) is 10.2 Å². The highest BCUT2D eigenvalue weighted by Gasteiger charge is 2.33. The molecule has 4 rings (SSSR count). The smallest absolute Gasteiger partial charge is 0.284 e. The summed E-state index contributed by atoms with van der Waals surface area (Å²) in [5, 5.41) is 21.0. The first-order valence-corrected chi connectivity index (χ1v) is 12.2. The summed E-state index contributed by atoms with van der Waals surface area (Å²) < 4.78 is 28.3. The Morgan fingerprint density at radius 1 is 1.20 bits per heavy atom. The van der Waals surface area contributed by atoms with Gasteiger partial charge in [0.05, 0.1) is 14.7 Å². The molecule has 2 heterocycles. The number of anilines is 1. The number of sulfonamides is 1. The highest BCUT2D eigenvalue weighted by molar-refractivity contribution is 7.99. The van der Waals surface area contributed by atoms with E-state index in [1.807, 2.05) is 0 Å². The van der Waals surface area contributed by atoms with Crippen molar-refractivity contribution in [3.05, 3.63) is 28.3 Å². The van der Waals surface area contributed by atoms with Crippen LogP contribution >= 0.6 is 11.8 Å². The second kappa shape index (κ2) is 8.16. The highest BCUT2D eigenvalue weighted by Crippen LogP contribution is 2.44. The maximum Gasteiger partial charge on any atom is 0.284 e. The molecule has 1 saturated heterocycles. The lowest BCUT2D eigenvalue weighted by Crippen LogP contribution is -2.34. The van der Waals surface area contributed by atoms with Crippen LogP contribution in [-0.2, 0) is 10.0 Å². The summed E-state index contributed by atoms with van der Waals surface area (Å²) in [5.41, 5.74) is -0.269. The molecule has 2 aromatic rings. The van der Waals surface area contributed by atoms with Crippen molar-refractivity contribution in [1.82, 2.24) is 19.5 Å². The zero-order chi connectivity index (χ0) is 21.5. The first kappa shape index (κ1) is 21.1. The van der Waals surface area contributed by atoms with Gasteiger partial charge in [-0.3, -0.25) is 14.7 Å². The molecule has 162 valence electrons. The quantitative estimate of drug-likeness (QED) is 0.502. The molecule has 0 unspecified atom stereocenters. The Morgan fingerprint density at radius 2 is 1.90 bits per heavy atom. The van der Waals surface area contributed by atoms with Crippen LogP contribution in [0.2, 0.25) is 0 Å². The largest absolute Gasteiger partial charge is 0.341 e. The Bertz CT molecular complexity index is 1060. The van der Waals surface area contributed by atoms with E-state index in [4.69, 9.17) is 0 Å². The molecule has 12 heteroatoms. The molecule has 10 nitrogen and oxygen atoms in total. The van der Waals surface area contributed by atoms with Gasteiger partial charge >= 0.3 is 0 Å². The van der Waals surface area contributed by atoms with Gasteiger partial charge in [0.15, 0.2) is 5.16 Å². The van der Waals surface area contributed by atoms with Crippen molar-refractivity contribution in [2.45, 2.75) is 53.6 Å². The molecule has 0 spiro atoms. The normalized spacial score (nSPS) is 18.0. The lowest BCUT2D eigenvalue weighted by molar-refractivity contribution is -0.388. The fraction of sp³-hybridized carbons (Fsp3) is 0.556. The van der Waals surface area contributed by atoms with Crippen LogP contribution < -0.4 is 9.62 Å². The molecule has 1 aliphatic carbocycles. The van der Waals surface area contributed by atoms with E-state index in [-0.39, 0.29) is 10.6 Å². The van der Waals surface area contributed by atoms with Gasteiger partial charge in [-0.1, -0.05) is 6.92 Å². The molecule has 30 heavy (non-hydrogen) atoms. The summed E-state index contributed by atoms with van der Waals surface area (Å²) in [5.74, 6) is 1.52. The molecule has 1 aromatic carbocycles. The Kier molecular flexibility index (Phi) is 5.73. The van der Waals surface area contributed by atoms with Gasteiger partial charge in [-0.25, -0.2) is 13.1 Å². The number of hydrogen-bond acceptors (Lipinski definition) is 8. The standard InChI is InChI=1S/C18H24N6O4S2/c1-12-7-9-22(10-8-12)17-20-21-18(23(17)13-3-4-13)29-16-6-5-14(30(27,28)19-2)11-15(16)24(25)26/h5-6,11-13,19H,3-4,7-10H2,1-2H3. The van der Waals surface area contributed by atoms with Crippen molar-refractivity contribution in [3.8, 4) is 0 Å². The van der Waals surface area contributed by atoms with Crippen molar-refractivity contribution in [1.29, 1.82) is 0 Å². The summed E-state index contributed by atoms with van der Waals surface area (Å²) >= 11 is 1.16. The lowest BCUT2D eigenvalue weighted by Gasteiger charge is -2.31. The van der Waals surface area contributed by atoms with E-state index in [0.717, 1.165) is 62.5 Å². The Morgan fingerprint density at radius 3 is 2.50 bits per heavy atom. The second-order valence-electron chi connectivity index (χ2n) is 7.75. The van der Waals surface area contributed by atoms with E-state index in [1.54, 1.807) is 0 Å². The molecule has 0 atom stereocenters. The number of hydrogen-bond donors (Lipinski definition) is 1. The Labute approximate surface area is 179 Å². The van der Waals surface area contributed by atoms with Gasteiger partial charge in [0, 0.05) is 25.2 Å². The maximum atomic E-state index is 12.0. The van der Waals surface area contributed by atoms with Gasteiger partial charge < -0.3 is 4.90 Å². The Balaban J connectivity index is 1.67. The molecule has 0 bridgehead atoms. The first-order valence-electron chi connectivity index (χ1n) is 9.90. The second-order valence-corrected chi connectivity index (χ2v) is 10.6. The molecule has 1 aliphatic heterocycles. The van der Waals surface area contributed by atoms with E-state index in [0.29, 0.717) is 22.0 Å². The number of nitro benzene ring substituents is 1. The average molecular weight is 453 g/mol. The van der Waals surface area contributed by atoms with E-state index in [2.05, 4.69) is 31.3 Å². The first-order chi connectivity index (χ1) is 14.3. The van der Waals surface area contributed by atoms with E-state index >= 15 is 0 Å². The minimum Gasteiger partial charge on any atom is -0.341 e. The molecule has 1 N–H and O–H groups in total. The maximum absolute atomic E-state index is 12.0. The van der Waals surface area contributed by atoms with Crippen LogP contribution in [-0.4, -0.2) is 48.2 Å². The van der Waals surface area contributed by atoms with Crippen molar-refractivity contribution in [2.75, 3.05) is 25.0 Å². The minimum atomic E-state index is -3.77. The molecule has 0 amide bonds. The third-order valence-corrected chi connectivity index (χ3v) is 7.97. The lowest BCUT2D eigenvalue weighted by atomic mass is 10.00. The number of nitrogens with zero attached hydrogens (tertiary/aromatic N) is 5. The highest BCUT2D eigenvalue weighted by atomic mass is 32.2. The van der Waals surface area contributed by atoms with Gasteiger partial charge in [0.2, 0.25) is 16.0 Å². The van der Waals surface area contributed by atoms with Crippen molar-refractivity contribution in [3.63, 3.8) is 0 Å². The summed E-state index contributed by atoms with van der Waals surface area (Å²) in [6, 6.07) is 4.21. The fourth-order valence-corrected chi connectivity index (χ4v) is 5.26. The van der Waals surface area contributed by atoms with Gasteiger partial charge in [0.1, 0.15) is 0 Å². The molecular weight excluding hydrogens is 428 g/mol. The van der Waals surface area contributed by atoms with Crippen LogP contribution in [0.1, 0.15) is 38.6 Å². The van der Waals surface area contributed by atoms with Crippen molar-refractivity contribution >= 4 is 33.4 Å². The fourth-order valence-electron chi connectivity index (χ4n) is 3.52. The third kappa shape index (κ3) is 4.16. The predicted octanol–water partition coefficient (Wildman–Crippen LogP) is 2.82. The molecule has 2 aliphatic rings. The molecule has 0 radical (unpaired) electrons. The van der Waals surface area contributed by atoms with Crippen LogP contribution in [0.4, 0.5) is 11.6 Å². The van der Waals surface area contributed by atoms with Crippen molar-refractivity contribution in [2.24, 2.45) is 5.92 Å². The number of nitro groups is 1. The zero-order valence-electron chi connectivity index (χ0n) is 16.8. The number of rotatable bonds is 7. The van der Waals surface area contributed by atoms with Crippen LogP contribution in [0.5, 0.6) is 0 Å². The number of benzene rings is 1. The van der Waals surface area contributed by atoms with Crippen molar-refractivity contribution < 1.29 is 13.3 Å². The average Bonchev–Trinajstić information content (AvgIpc) is 3.48. The Hall–Kier alpha value is -2.18. The van der Waals surface area contributed by atoms with Gasteiger partial charge in [0.25, 0.3) is 5.69 Å². The summed E-state index contributed by atoms with van der Waals surface area (Å²) in [7, 11) is -2.51. The summed E-state index contributed by atoms with van der Waals surface area (Å²) in [6.07, 6.45) is 4.27.